The molecule has 0 saturated heterocycles. The third-order valence-electron chi connectivity index (χ3n) is 5.63. The van der Waals surface area contributed by atoms with Crippen LogP contribution in [0.15, 0.2) is 73.2 Å². The van der Waals surface area contributed by atoms with Crippen molar-refractivity contribution in [1.29, 1.82) is 0 Å². The summed E-state index contributed by atoms with van der Waals surface area (Å²) in [5, 5.41) is 7.79. The maximum atomic E-state index is 12.7. The maximum Gasteiger partial charge on any atom is 0.416 e. The molecule has 0 unspecified atom stereocenters. The Balaban J connectivity index is 1.28. The molecule has 5 nitrogen and oxygen atoms in total. The summed E-state index contributed by atoms with van der Waals surface area (Å²) < 4.78 is 45.9. The molecule has 2 aromatic heterocycles. The maximum absolute atomic E-state index is 12.7. The number of rotatable bonds is 9. The first-order chi connectivity index (χ1) is 16.4. The van der Waals surface area contributed by atoms with Crippen LogP contribution in [-0.2, 0) is 25.7 Å². The van der Waals surface area contributed by atoms with Gasteiger partial charge in [0.25, 0.3) is 0 Å². The van der Waals surface area contributed by atoms with Crippen LogP contribution in [0.3, 0.4) is 0 Å². The summed E-state index contributed by atoms with van der Waals surface area (Å²) in [5.41, 5.74) is 3.99. The predicted octanol–water partition coefficient (Wildman–Crippen LogP) is 6.27. The van der Waals surface area contributed by atoms with Crippen molar-refractivity contribution in [2.24, 2.45) is 0 Å². The van der Waals surface area contributed by atoms with Gasteiger partial charge < -0.3 is 4.74 Å². The molecule has 0 fully saturated rings. The summed E-state index contributed by atoms with van der Waals surface area (Å²) >= 11 is 0. The molecule has 0 aliphatic rings. The molecule has 0 aliphatic heterocycles. The van der Waals surface area contributed by atoms with Gasteiger partial charge in [-0.15, -0.1) is 5.10 Å². The Morgan fingerprint density at radius 2 is 1.74 bits per heavy atom. The lowest BCUT2D eigenvalue weighted by molar-refractivity contribution is -0.137. The summed E-state index contributed by atoms with van der Waals surface area (Å²) in [4.78, 5) is 4.39. The fourth-order valence-electron chi connectivity index (χ4n) is 3.67. The number of alkyl halides is 3. The van der Waals surface area contributed by atoms with Gasteiger partial charge >= 0.3 is 6.18 Å². The molecule has 34 heavy (non-hydrogen) atoms. The Kier molecular flexibility index (Phi) is 7.25. The van der Waals surface area contributed by atoms with Crippen molar-refractivity contribution in [3.8, 4) is 16.9 Å². The van der Waals surface area contributed by atoms with Crippen LogP contribution in [-0.4, -0.2) is 20.0 Å². The molecule has 2 aromatic carbocycles. The van der Waals surface area contributed by atoms with E-state index in [1.165, 1.54) is 23.3 Å². The first-order valence-electron chi connectivity index (χ1n) is 11.1. The summed E-state index contributed by atoms with van der Waals surface area (Å²) in [6, 6.07) is 14.8. The Hall–Kier alpha value is -3.68. The second-order valence-corrected chi connectivity index (χ2v) is 8.11. The fraction of sp³-hybridized carbons (Fsp3) is 0.269. The number of aromatic nitrogens is 4. The van der Waals surface area contributed by atoms with E-state index in [4.69, 9.17) is 4.74 Å². The number of aryl methyl sites for hydroxylation is 3. The van der Waals surface area contributed by atoms with Crippen LogP contribution in [0.1, 0.15) is 35.2 Å². The van der Waals surface area contributed by atoms with Gasteiger partial charge in [-0.2, -0.15) is 13.2 Å². The van der Waals surface area contributed by atoms with Crippen LogP contribution in [0, 0.1) is 6.92 Å². The largest absolute Gasteiger partial charge is 0.487 e. The highest BCUT2D eigenvalue weighted by Gasteiger charge is 2.29. The molecule has 4 aromatic rings. The lowest BCUT2D eigenvalue weighted by Crippen LogP contribution is -2.04. The minimum Gasteiger partial charge on any atom is -0.487 e. The van der Waals surface area contributed by atoms with Gasteiger partial charge in [0.05, 0.1) is 17.5 Å². The molecule has 0 spiro atoms. The van der Waals surface area contributed by atoms with Crippen LogP contribution < -0.4 is 4.74 Å². The number of nitrogens with zero attached hydrogens (tertiary/aromatic N) is 4. The second-order valence-electron chi connectivity index (χ2n) is 8.11. The topological polar surface area (TPSA) is 52.8 Å². The van der Waals surface area contributed by atoms with Gasteiger partial charge in [-0.25, -0.2) is 0 Å². The number of hydrogen-bond donors (Lipinski definition) is 0. The van der Waals surface area contributed by atoms with Gasteiger partial charge in [0.1, 0.15) is 12.4 Å². The van der Waals surface area contributed by atoms with Crippen LogP contribution in [0.25, 0.3) is 11.1 Å². The quantitative estimate of drug-likeness (QED) is 0.273. The van der Waals surface area contributed by atoms with E-state index in [2.05, 4.69) is 28.3 Å². The molecule has 0 radical (unpaired) electrons. The number of pyridine rings is 1. The van der Waals surface area contributed by atoms with Crippen LogP contribution in [0.2, 0.25) is 0 Å². The van der Waals surface area contributed by atoms with Crippen molar-refractivity contribution >= 4 is 0 Å². The molecule has 0 aliphatic carbocycles. The summed E-state index contributed by atoms with van der Waals surface area (Å²) in [7, 11) is 0. The average molecular weight is 467 g/mol. The van der Waals surface area contributed by atoms with E-state index in [1.54, 1.807) is 12.4 Å². The van der Waals surface area contributed by atoms with Crippen molar-refractivity contribution in [1.82, 2.24) is 20.0 Å². The molecule has 8 heteroatoms. The fourth-order valence-corrected chi connectivity index (χ4v) is 3.67. The summed E-state index contributed by atoms with van der Waals surface area (Å²) in [6.45, 7) is 3.26. The predicted molar refractivity (Wildman–Crippen MR) is 123 cm³/mol. The van der Waals surface area contributed by atoms with Crippen LogP contribution >= 0.6 is 0 Å². The molecule has 0 amide bonds. The van der Waals surface area contributed by atoms with Gasteiger partial charge in [-0.1, -0.05) is 29.5 Å². The highest BCUT2D eigenvalue weighted by Crippen LogP contribution is 2.31. The molecule has 2 heterocycles. The SMILES string of the molecule is Cc1cc(OCc2ccc(-c3ccc(C(F)(F)F)cc3)cn2)ccc1CCCCn1ccnn1. The zero-order valence-corrected chi connectivity index (χ0v) is 18.8. The van der Waals surface area contributed by atoms with E-state index in [9.17, 15) is 13.2 Å². The van der Waals surface area contributed by atoms with E-state index in [1.807, 2.05) is 35.1 Å². The molecule has 176 valence electrons. The van der Waals surface area contributed by atoms with E-state index in [0.717, 1.165) is 54.9 Å². The second kappa shape index (κ2) is 10.5. The molecule has 0 saturated carbocycles. The highest BCUT2D eigenvalue weighted by molar-refractivity contribution is 5.62. The number of halogens is 3. The third kappa shape index (κ3) is 6.21. The summed E-state index contributed by atoms with van der Waals surface area (Å²) in [6.07, 6.45) is 3.96. The van der Waals surface area contributed by atoms with Crippen LogP contribution in [0.5, 0.6) is 5.75 Å². The standard InChI is InChI=1S/C26H25F3N4O/c1-19-16-25(12-8-20(19)4-2-3-14-33-15-13-31-32-33)34-18-24-11-7-22(17-30-24)21-5-9-23(10-6-21)26(27,28)29/h5-13,15-17H,2-4,14,18H2,1H3. The van der Waals surface area contributed by atoms with E-state index < -0.39 is 11.7 Å². The normalized spacial score (nSPS) is 11.5. The van der Waals surface area contributed by atoms with E-state index in [0.29, 0.717) is 12.2 Å². The lowest BCUT2D eigenvalue weighted by atomic mass is 10.0. The monoisotopic (exact) mass is 466 g/mol. The number of hydrogen-bond acceptors (Lipinski definition) is 4. The lowest BCUT2D eigenvalue weighted by Gasteiger charge is -2.11. The minimum absolute atomic E-state index is 0.310. The Morgan fingerprint density at radius 1 is 0.941 bits per heavy atom. The molecule has 0 bridgehead atoms. The van der Waals surface area contributed by atoms with E-state index in [-0.39, 0.29) is 0 Å². The molecule has 0 N–H and O–H groups in total. The van der Waals surface area contributed by atoms with Crippen molar-refractivity contribution in [2.75, 3.05) is 0 Å². The number of benzene rings is 2. The first-order valence-corrected chi connectivity index (χ1v) is 11.1. The van der Waals surface area contributed by atoms with Gasteiger partial charge in [0, 0.05) is 24.5 Å². The molecular formula is C26H25F3N4O. The van der Waals surface area contributed by atoms with Gasteiger partial charge in [-0.05, 0) is 73.2 Å². The third-order valence-corrected chi connectivity index (χ3v) is 5.63. The first kappa shape index (κ1) is 23.5. The summed E-state index contributed by atoms with van der Waals surface area (Å²) in [5.74, 6) is 0.775. The molecule has 4 rings (SSSR count). The Labute approximate surface area is 196 Å². The Bertz CT molecular complexity index is 1190. The molecule has 0 atom stereocenters. The number of ether oxygens (including phenoxy) is 1. The van der Waals surface area contributed by atoms with E-state index >= 15 is 0 Å². The molecular weight excluding hydrogens is 441 g/mol. The average Bonchev–Trinajstić information content (AvgIpc) is 3.35. The van der Waals surface area contributed by atoms with Crippen molar-refractivity contribution in [3.05, 3.63) is 95.6 Å². The van der Waals surface area contributed by atoms with Gasteiger partial charge in [0.2, 0.25) is 0 Å². The Morgan fingerprint density at radius 3 is 2.38 bits per heavy atom. The van der Waals surface area contributed by atoms with Gasteiger partial charge in [-0.3, -0.25) is 9.67 Å². The minimum atomic E-state index is -4.34. The van der Waals surface area contributed by atoms with Crippen molar-refractivity contribution < 1.29 is 17.9 Å². The highest BCUT2D eigenvalue weighted by atomic mass is 19.4. The van der Waals surface area contributed by atoms with Crippen molar-refractivity contribution in [3.63, 3.8) is 0 Å². The van der Waals surface area contributed by atoms with Gasteiger partial charge in [0.15, 0.2) is 0 Å². The smallest absolute Gasteiger partial charge is 0.416 e. The zero-order chi connectivity index (χ0) is 24.0. The van der Waals surface area contributed by atoms with Crippen molar-refractivity contribution in [2.45, 2.75) is 45.5 Å². The zero-order valence-electron chi connectivity index (χ0n) is 18.8. The number of unbranched alkanes of at least 4 members (excludes halogenated alkanes) is 1. The van der Waals surface area contributed by atoms with Crippen LogP contribution in [0.4, 0.5) is 13.2 Å².